The highest BCUT2D eigenvalue weighted by atomic mass is 19.1. The molecule has 3 rings (SSSR count). The van der Waals surface area contributed by atoms with Crippen LogP contribution in [0.3, 0.4) is 0 Å². The highest BCUT2D eigenvalue weighted by Crippen LogP contribution is 2.22. The van der Waals surface area contributed by atoms with E-state index in [0.717, 1.165) is 48.4 Å². The quantitative estimate of drug-likeness (QED) is 0.698. The van der Waals surface area contributed by atoms with Crippen LogP contribution < -0.4 is 15.4 Å². The average molecular weight is 402 g/mol. The molecule has 0 atom stereocenters. The normalized spacial score (nSPS) is 14.5. The van der Waals surface area contributed by atoms with Crippen molar-refractivity contribution in [3.63, 3.8) is 0 Å². The fourth-order valence-electron chi connectivity index (χ4n) is 3.71. The third-order valence-corrected chi connectivity index (χ3v) is 5.45. The lowest BCUT2D eigenvalue weighted by Crippen LogP contribution is -2.44. The first-order valence-corrected chi connectivity index (χ1v) is 9.95. The van der Waals surface area contributed by atoms with E-state index in [-0.39, 0.29) is 17.4 Å². The Balaban J connectivity index is 1.72. The zero-order valence-corrected chi connectivity index (χ0v) is 17.1. The molecule has 0 aromatic heterocycles. The van der Waals surface area contributed by atoms with Gasteiger partial charge >= 0.3 is 0 Å². The molecule has 0 saturated carbocycles. The van der Waals surface area contributed by atoms with Crippen molar-refractivity contribution in [3.05, 3.63) is 77.1 Å². The number of nitrogens with zero attached hydrogens (tertiary/aromatic N) is 1. The number of rotatable bonds is 8. The van der Waals surface area contributed by atoms with Gasteiger partial charge in [-0.3, -0.25) is 0 Å². The van der Waals surface area contributed by atoms with E-state index in [0.29, 0.717) is 19.1 Å². The Labute approximate surface area is 171 Å². The predicted octanol–water partition coefficient (Wildman–Crippen LogP) is 4.10. The minimum absolute atomic E-state index is 0.224. The highest BCUT2D eigenvalue weighted by Gasteiger charge is 2.23. The summed E-state index contributed by atoms with van der Waals surface area (Å²) in [5, 5.41) is 6.73. The number of hydrogen-bond donors (Lipinski definition) is 2. The molecule has 2 aromatic rings. The molecule has 0 amide bonds. The van der Waals surface area contributed by atoms with Crippen LogP contribution in [0.25, 0.3) is 0 Å². The van der Waals surface area contributed by atoms with E-state index in [2.05, 4.69) is 22.1 Å². The van der Waals surface area contributed by atoms with Gasteiger partial charge < -0.3 is 20.3 Å². The molecule has 4 nitrogen and oxygen atoms in total. The van der Waals surface area contributed by atoms with Crippen LogP contribution in [0.1, 0.15) is 29.5 Å². The molecular formula is C23H29F2N3O. The number of nitrogens with one attached hydrogen (secondary N) is 2. The van der Waals surface area contributed by atoms with E-state index in [9.17, 15) is 8.78 Å². The largest absolute Gasteiger partial charge is 0.494 e. The van der Waals surface area contributed by atoms with Gasteiger partial charge in [0, 0.05) is 19.1 Å². The fraction of sp³-hybridized carbons (Fsp3) is 0.391. The summed E-state index contributed by atoms with van der Waals surface area (Å²) < 4.78 is 32.4. The van der Waals surface area contributed by atoms with Gasteiger partial charge in [0.05, 0.1) is 12.9 Å². The van der Waals surface area contributed by atoms with Gasteiger partial charge in [0.25, 0.3) is 0 Å². The standard InChI is InChI=1S/C23H29F2N3O/c1-16-12-20(24)6-5-19(16)15-28(21-8-10-26-11-9-21)17(2)27-14-18-4-7-23(29-3)22(25)13-18/h4-7,12-13,21,26-27H,2,8-11,14-15H2,1,3H3. The molecule has 2 N–H and O–H groups in total. The van der Waals surface area contributed by atoms with E-state index < -0.39 is 0 Å². The Kier molecular flexibility index (Phi) is 7.09. The first kappa shape index (κ1) is 21.1. The number of aryl methyl sites for hydroxylation is 1. The van der Waals surface area contributed by atoms with Crippen molar-refractivity contribution in [2.45, 2.75) is 38.9 Å². The minimum Gasteiger partial charge on any atom is -0.494 e. The fourth-order valence-corrected chi connectivity index (χ4v) is 3.71. The number of hydrogen-bond acceptors (Lipinski definition) is 4. The molecule has 1 saturated heterocycles. The zero-order chi connectivity index (χ0) is 20.8. The maximum absolute atomic E-state index is 14.0. The summed E-state index contributed by atoms with van der Waals surface area (Å²) in [6, 6.07) is 10.2. The van der Waals surface area contributed by atoms with Crippen molar-refractivity contribution in [2.24, 2.45) is 0 Å². The van der Waals surface area contributed by atoms with Gasteiger partial charge in [-0.05, 0) is 73.8 Å². The molecule has 29 heavy (non-hydrogen) atoms. The minimum atomic E-state index is -0.380. The molecule has 2 aromatic carbocycles. The van der Waals surface area contributed by atoms with Gasteiger partial charge in [0.2, 0.25) is 0 Å². The van der Waals surface area contributed by atoms with Crippen LogP contribution >= 0.6 is 0 Å². The van der Waals surface area contributed by atoms with Gasteiger partial charge in [-0.1, -0.05) is 18.7 Å². The van der Waals surface area contributed by atoms with E-state index in [1.807, 2.05) is 19.1 Å². The van der Waals surface area contributed by atoms with Crippen LogP contribution in [0.4, 0.5) is 8.78 Å². The first-order chi connectivity index (χ1) is 14.0. The molecule has 1 fully saturated rings. The van der Waals surface area contributed by atoms with Gasteiger partial charge in [-0.2, -0.15) is 0 Å². The molecule has 1 aliphatic heterocycles. The maximum Gasteiger partial charge on any atom is 0.165 e. The summed E-state index contributed by atoms with van der Waals surface area (Å²) >= 11 is 0. The molecule has 0 radical (unpaired) electrons. The lowest BCUT2D eigenvalue weighted by Gasteiger charge is -2.38. The summed E-state index contributed by atoms with van der Waals surface area (Å²) in [7, 11) is 1.45. The highest BCUT2D eigenvalue weighted by molar-refractivity contribution is 5.30. The Bertz CT molecular complexity index is 850. The number of ether oxygens (including phenoxy) is 1. The lowest BCUT2D eigenvalue weighted by molar-refractivity contribution is 0.187. The molecule has 1 heterocycles. The second-order valence-electron chi connectivity index (χ2n) is 7.45. The van der Waals surface area contributed by atoms with Crippen molar-refractivity contribution in [1.29, 1.82) is 0 Å². The monoisotopic (exact) mass is 401 g/mol. The third kappa shape index (κ3) is 5.48. The van der Waals surface area contributed by atoms with Crippen LogP contribution in [0.2, 0.25) is 0 Å². The van der Waals surface area contributed by atoms with Crippen molar-refractivity contribution in [3.8, 4) is 5.75 Å². The lowest BCUT2D eigenvalue weighted by atomic mass is 10.0. The van der Waals surface area contributed by atoms with Crippen molar-refractivity contribution < 1.29 is 13.5 Å². The van der Waals surface area contributed by atoms with Crippen LogP contribution in [0.15, 0.2) is 48.8 Å². The van der Waals surface area contributed by atoms with Crippen LogP contribution in [-0.2, 0) is 13.1 Å². The molecule has 0 bridgehead atoms. The smallest absolute Gasteiger partial charge is 0.165 e. The van der Waals surface area contributed by atoms with Gasteiger partial charge in [0.15, 0.2) is 11.6 Å². The topological polar surface area (TPSA) is 36.5 Å². The molecule has 156 valence electrons. The van der Waals surface area contributed by atoms with Gasteiger partial charge in [-0.15, -0.1) is 0 Å². The molecule has 6 heteroatoms. The van der Waals surface area contributed by atoms with E-state index in [1.54, 1.807) is 12.1 Å². The second-order valence-corrected chi connectivity index (χ2v) is 7.45. The number of halogens is 2. The Morgan fingerprint density at radius 1 is 1.21 bits per heavy atom. The molecular weight excluding hydrogens is 372 g/mol. The SMILES string of the molecule is C=C(NCc1ccc(OC)c(F)c1)N(Cc1ccc(F)cc1C)C1CCNCC1. The van der Waals surface area contributed by atoms with Crippen LogP contribution in [-0.4, -0.2) is 31.1 Å². The Hall–Kier alpha value is -2.60. The van der Waals surface area contributed by atoms with E-state index >= 15 is 0 Å². The maximum atomic E-state index is 14.0. The van der Waals surface area contributed by atoms with Crippen molar-refractivity contribution in [1.82, 2.24) is 15.5 Å². The first-order valence-electron chi connectivity index (χ1n) is 9.95. The molecule has 0 spiro atoms. The number of benzene rings is 2. The summed E-state index contributed by atoms with van der Waals surface area (Å²) in [6.07, 6.45) is 2.02. The summed E-state index contributed by atoms with van der Waals surface area (Å²) in [4.78, 5) is 2.25. The predicted molar refractivity (Wildman–Crippen MR) is 112 cm³/mol. The third-order valence-electron chi connectivity index (χ3n) is 5.45. The summed E-state index contributed by atoms with van der Waals surface area (Å²) in [5.74, 6) is 0.417. The Morgan fingerprint density at radius 2 is 1.97 bits per heavy atom. The van der Waals surface area contributed by atoms with Crippen molar-refractivity contribution in [2.75, 3.05) is 20.2 Å². The van der Waals surface area contributed by atoms with Crippen LogP contribution in [0, 0.1) is 18.6 Å². The Morgan fingerprint density at radius 3 is 2.62 bits per heavy atom. The number of methoxy groups -OCH3 is 1. The molecule has 0 unspecified atom stereocenters. The zero-order valence-electron chi connectivity index (χ0n) is 17.1. The van der Waals surface area contributed by atoms with Gasteiger partial charge in [-0.25, -0.2) is 8.78 Å². The van der Waals surface area contributed by atoms with E-state index in [1.165, 1.54) is 19.2 Å². The van der Waals surface area contributed by atoms with E-state index in [4.69, 9.17) is 4.74 Å². The van der Waals surface area contributed by atoms with Crippen molar-refractivity contribution >= 4 is 0 Å². The summed E-state index contributed by atoms with van der Waals surface area (Å²) in [6.45, 7) is 9.20. The number of piperidine rings is 1. The molecule has 1 aliphatic rings. The van der Waals surface area contributed by atoms with Gasteiger partial charge in [0.1, 0.15) is 5.82 Å². The summed E-state index contributed by atoms with van der Waals surface area (Å²) in [5.41, 5.74) is 2.81. The molecule has 0 aliphatic carbocycles. The van der Waals surface area contributed by atoms with Crippen LogP contribution in [0.5, 0.6) is 5.75 Å². The second kappa shape index (κ2) is 9.74. The average Bonchev–Trinajstić information content (AvgIpc) is 2.72.